The maximum atomic E-state index is 13.1. The van der Waals surface area contributed by atoms with Crippen molar-refractivity contribution >= 4 is 16.8 Å². The molecule has 0 spiro atoms. The molecule has 3 aromatic rings. The molecule has 5 heteroatoms. The zero-order chi connectivity index (χ0) is 20.3. The van der Waals surface area contributed by atoms with Gasteiger partial charge in [0.15, 0.2) is 0 Å². The standard InChI is InChI=1S/C23H28N4O/c1-15(2)21(27(4)5)14-25-23(28)19-12-20(17-9-7-11-24-13-17)26-22-16(3)8-6-10-18(19)22/h6-13,15,21H,14H2,1-5H3,(H,25,28). The summed E-state index contributed by atoms with van der Waals surface area (Å²) in [6.07, 6.45) is 3.51. The van der Waals surface area contributed by atoms with Crippen LogP contribution in [0.3, 0.4) is 0 Å². The van der Waals surface area contributed by atoms with Gasteiger partial charge in [-0.05, 0) is 50.7 Å². The highest BCUT2D eigenvalue weighted by atomic mass is 16.1. The van der Waals surface area contributed by atoms with E-state index in [9.17, 15) is 4.79 Å². The van der Waals surface area contributed by atoms with Crippen LogP contribution in [0.1, 0.15) is 29.8 Å². The lowest BCUT2D eigenvalue weighted by molar-refractivity contribution is 0.0936. The fourth-order valence-electron chi connectivity index (χ4n) is 3.55. The monoisotopic (exact) mass is 376 g/mol. The second-order valence-corrected chi connectivity index (χ2v) is 7.75. The van der Waals surface area contributed by atoms with Gasteiger partial charge in [0.1, 0.15) is 0 Å². The summed E-state index contributed by atoms with van der Waals surface area (Å²) in [6.45, 7) is 6.96. The van der Waals surface area contributed by atoms with E-state index in [1.54, 1.807) is 12.4 Å². The Morgan fingerprint density at radius 1 is 1.18 bits per heavy atom. The normalized spacial score (nSPS) is 12.5. The zero-order valence-electron chi connectivity index (χ0n) is 17.2. The number of para-hydroxylation sites is 1. The molecule has 0 radical (unpaired) electrons. The van der Waals surface area contributed by atoms with Crippen LogP contribution in [-0.2, 0) is 0 Å². The minimum Gasteiger partial charge on any atom is -0.350 e. The summed E-state index contributed by atoms with van der Waals surface area (Å²) in [7, 11) is 4.09. The number of carbonyl (C=O) groups is 1. The first-order valence-corrected chi connectivity index (χ1v) is 9.64. The number of amides is 1. The molecule has 0 aliphatic heterocycles. The number of aryl methyl sites for hydroxylation is 1. The molecule has 0 fully saturated rings. The minimum absolute atomic E-state index is 0.0735. The lowest BCUT2D eigenvalue weighted by atomic mass is 10.0. The number of fused-ring (bicyclic) bond motifs is 1. The van der Waals surface area contributed by atoms with E-state index in [2.05, 4.69) is 29.0 Å². The van der Waals surface area contributed by atoms with Crippen LogP contribution in [0, 0.1) is 12.8 Å². The molecule has 2 aromatic heterocycles. The van der Waals surface area contributed by atoms with Crippen molar-refractivity contribution in [3.05, 3.63) is 59.9 Å². The number of carbonyl (C=O) groups excluding carboxylic acids is 1. The van der Waals surface area contributed by atoms with Gasteiger partial charge in [-0.15, -0.1) is 0 Å². The molecule has 146 valence electrons. The number of pyridine rings is 2. The van der Waals surface area contributed by atoms with Crippen molar-refractivity contribution in [3.8, 4) is 11.3 Å². The maximum absolute atomic E-state index is 13.1. The van der Waals surface area contributed by atoms with Gasteiger partial charge in [-0.25, -0.2) is 4.98 Å². The average Bonchev–Trinajstić information content (AvgIpc) is 2.67. The lowest BCUT2D eigenvalue weighted by Crippen LogP contribution is -2.43. The molecule has 28 heavy (non-hydrogen) atoms. The molecule has 1 amide bonds. The van der Waals surface area contributed by atoms with Gasteiger partial charge in [0.05, 0.1) is 16.8 Å². The van der Waals surface area contributed by atoms with Gasteiger partial charge in [0.25, 0.3) is 5.91 Å². The predicted molar refractivity (Wildman–Crippen MR) is 114 cm³/mol. The highest BCUT2D eigenvalue weighted by Gasteiger charge is 2.19. The molecule has 1 unspecified atom stereocenters. The average molecular weight is 377 g/mol. The van der Waals surface area contributed by atoms with Crippen molar-refractivity contribution in [2.75, 3.05) is 20.6 Å². The zero-order valence-corrected chi connectivity index (χ0v) is 17.2. The number of aromatic nitrogens is 2. The number of hydrogen-bond acceptors (Lipinski definition) is 4. The number of rotatable bonds is 6. The summed E-state index contributed by atoms with van der Waals surface area (Å²) in [6, 6.07) is 11.9. The van der Waals surface area contributed by atoms with Crippen molar-refractivity contribution in [3.63, 3.8) is 0 Å². The second kappa shape index (κ2) is 8.48. The Bertz CT molecular complexity index is 959. The van der Waals surface area contributed by atoms with E-state index in [4.69, 9.17) is 4.98 Å². The lowest BCUT2D eigenvalue weighted by Gasteiger charge is -2.28. The molecule has 1 aromatic carbocycles. The summed E-state index contributed by atoms with van der Waals surface area (Å²) < 4.78 is 0. The van der Waals surface area contributed by atoms with Crippen molar-refractivity contribution in [2.24, 2.45) is 5.92 Å². The fraction of sp³-hybridized carbons (Fsp3) is 0.348. The number of nitrogens with one attached hydrogen (secondary N) is 1. The largest absolute Gasteiger partial charge is 0.350 e. The fourth-order valence-corrected chi connectivity index (χ4v) is 3.55. The molecule has 0 aliphatic rings. The highest BCUT2D eigenvalue weighted by Crippen LogP contribution is 2.26. The smallest absolute Gasteiger partial charge is 0.252 e. The minimum atomic E-state index is -0.0735. The first-order valence-electron chi connectivity index (χ1n) is 9.64. The van der Waals surface area contributed by atoms with E-state index in [1.807, 2.05) is 57.4 Å². The third-order valence-corrected chi connectivity index (χ3v) is 5.15. The van der Waals surface area contributed by atoms with Crippen molar-refractivity contribution in [1.82, 2.24) is 20.2 Å². The Labute approximate surface area is 166 Å². The Kier molecular flexibility index (Phi) is 6.05. The molecule has 1 atom stereocenters. The summed E-state index contributed by atoms with van der Waals surface area (Å²) in [4.78, 5) is 24.3. The molecule has 1 N–H and O–H groups in total. The van der Waals surface area contributed by atoms with Gasteiger partial charge in [0.2, 0.25) is 0 Å². The van der Waals surface area contributed by atoms with E-state index >= 15 is 0 Å². The maximum Gasteiger partial charge on any atom is 0.252 e. The molecular formula is C23H28N4O. The third kappa shape index (κ3) is 4.20. The van der Waals surface area contributed by atoms with Crippen molar-refractivity contribution in [1.29, 1.82) is 0 Å². The SMILES string of the molecule is Cc1cccc2c(C(=O)NCC(C(C)C)N(C)C)cc(-c3cccnc3)nc12. The topological polar surface area (TPSA) is 58.1 Å². The molecule has 0 bridgehead atoms. The first kappa shape index (κ1) is 20.0. The number of hydrogen-bond donors (Lipinski definition) is 1. The van der Waals surface area contributed by atoms with Gasteiger partial charge in [-0.2, -0.15) is 0 Å². The van der Waals surface area contributed by atoms with Crippen LogP contribution in [0.5, 0.6) is 0 Å². The molecule has 0 saturated carbocycles. The third-order valence-electron chi connectivity index (χ3n) is 5.15. The van der Waals surface area contributed by atoms with Crippen LogP contribution >= 0.6 is 0 Å². The van der Waals surface area contributed by atoms with Crippen LogP contribution in [0.15, 0.2) is 48.8 Å². The number of likely N-dealkylation sites (N-methyl/N-ethyl adjacent to an activating group) is 1. The summed E-state index contributed by atoms with van der Waals surface area (Å²) >= 11 is 0. The van der Waals surface area contributed by atoms with Gasteiger partial charge in [-0.1, -0.05) is 32.0 Å². The molecule has 2 heterocycles. The van der Waals surface area contributed by atoms with Crippen molar-refractivity contribution in [2.45, 2.75) is 26.8 Å². The Morgan fingerprint density at radius 2 is 1.96 bits per heavy atom. The van der Waals surface area contributed by atoms with E-state index in [0.29, 0.717) is 18.0 Å². The second-order valence-electron chi connectivity index (χ2n) is 7.75. The Hall–Kier alpha value is -2.79. The summed E-state index contributed by atoms with van der Waals surface area (Å²) in [5.41, 5.74) is 4.20. The highest BCUT2D eigenvalue weighted by molar-refractivity contribution is 6.07. The Morgan fingerprint density at radius 3 is 2.61 bits per heavy atom. The van der Waals surface area contributed by atoms with Crippen LogP contribution in [-0.4, -0.2) is 47.5 Å². The van der Waals surface area contributed by atoms with E-state index in [0.717, 1.165) is 27.7 Å². The van der Waals surface area contributed by atoms with Gasteiger partial charge in [0, 0.05) is 35.9 Å². The first-order chi connectivity index (χ1) is 13.4. The predicted octanol–water partition coefficient (Wildman–Crippen LogP) is 3.92. The molecule has 5 nitrogen and oxygen atoms in total. The van der Waals surface area contributed by atoms with Gasteiger partial charge < -0.3 is 10.2 Å². The van der Waals surface area contributed by atoms with Crippen LogP contribution in [0.25, 0.3) is 22.2 Å². The number of benzene rings is 1. The molecule has 3 rings (SSSR count). The number of nitrogens with zero attached hydrogens (tertiary/aromatic N) is 3. The van der Waals surface area contributed by atoms with Gasteiger partial charge in [-0.3, -0.25) is 9.78 Å². The van der Waals surface area contributed by atoms with Crippen LogP contribution in [0.2, 0.25) is 0 Å². The summed E-state index contributed by atoms with van der Waals surface area (Å²) in [5, 5.41) is 4.00. The summed E-state index contributed by atoms with van der Waals surface area (Å²) in [5.74, 6) is 0.369. The van der Waals surface area contributed by atoms with Crippen LogP contribution in [0.4, 0.5) is 0 Å². The molecule has 0 aliphatic carbocycles. The van der Waals surface area contributed by atoms with E-state index < -0.39 is 0 Å². The Balaban J connectivity index is 2.01. The molecular weight excluding hydrogens is 348 g/mol. The van der Waals surface area contributed by atoms with Gasteiger partial charge >= 0.3 is 0 Å². The quantitative estimate of drug-likeness (QED) is 0.708. The van der Waals surface area contributed by atoms with E-state index in [-0.39, 0.29) is 11.9 Å². The van der Waals surface area contributed by atoms with Crippen molar-refractivity contribution < 1.29 is 4.79 Å². The van der Waals surface area contributed by atoms with Crippen LogP contribution < -0.4 is 5.32 Å². The van der Waals surface area contributed by atoms with E-state index in [1.165, 1.54) is 0 Å². The molecule has 0 saturated heterocycles.